The van der Waals surface area contributed by atoms with E-state index in [-0.39, 0.29) is 5.91 Å². The molecule has 2 N–H and O–H groups in total. The minimum Gasteiger partial charge on any atom is -0.466 e. The van der Waals surface area contributed by atoms with Crippen LogP contribution in [0.4, 0.5) is 0 Å². The molecule has 0 aliphatic carbocycles. The lowest BCUT2D eigenvalue weighted by atomic mass is 10.2. The minimum absolute atomic E-state index is 0.342. The molecule has 7 heteroatoms. The first-order valence-corrected chi connectivity index (χ1v) is 6.73. The molecule has 102 valence electrons. The van der Waals surface area contributed by atoms with Gasteiger partial charge in [-0.1, -0.05) is 19.8 Å². The van der Waals surface area contributed by atoms with Crippen LogP contribution in [0.5, 0.6) is 0 Å². The molecule has 1 fully saturated rings. The third-order valence-electron chi connectivity index (χ3n) is 2.34. The average Bonchev–Trinajstić information content (AvgIpc) is 2.81. The number of esters is 1. The quantitative estimate of drug-likeness (QED) is 0.423. The standard InChI is InChI=1S/C11H19N3O3S/c1-3-4-5-10-12-8-14(18-10)13-9(15)6-7-11(16)17-2/h6-7,10,12H,3-5,8H2,1-2H3,(H,13,15)/b7-6+. The normalized spacial score (nSPS) is 20.2. The van der Waals surface area contributed by atoms with E-state index in [1.54, 1.807) is 16.4 Å². The summed E-state index contributed by atoms with van der Waals surface area (Å²) in [5, 5.41) is 3.62. The molecule has 6 nitrogen and oxygen atoms in total. The van der Waals surface area contributed by atoms with Crippen molar-refractivity contribution in [2.24, 2.45) is 0 Å². The maximum absolute atomic E-state index is 11.5. The molecule has 0 radical (unpaired) electrons. The van der Waals surface area contributed by atoms with Crippen LogP contribution in [0, 0.1) is 0 Å². The number of amides is 1. The fraction of sp³-hybridized carbons (Fsp3) is 0.636. The smallest absolute Gasteiger partial charge is 0.330 e. The summed E-state index contributed by atoms with van der Waals surface area (Å²) in [6.45, 7) is 2.74. The molecular formula is C11H19N3O3S. The summed E-state index contributed by atoms with van der Waals surface area (Å²) in [6.07, 6.45) is 5.65. The Balaban J connectivity index is 2.25. The predicted molar refractivity (Wildman–Crippen MR) is 70.0 cm³/mol. The Labute approximate surface area is 111 Å². The lowest BCUT2D eigenvalue weighted by Gasteiger charge is -2.13. The van der Waals surface area contributed by atoms with Gasteiger partial charge in [-0.05, 0) is 18.4 Å². The molecule has 1 heterocycles. The number of nitrogens with one attached hydrogen (secondary N) is 2. The third kappa shape index (κ3) is 5.52. The first-order valence-electron chi connectivity index (χ1n) is 5.90. The summed E-state index contributed by atoms with van der Waals surface area (Å²) in [5.41, 5.74) is 2.66. The number of methoxy groups -OCH3 is 1. The van der Waals surface area contributed by atoms with Crippen molar-refractivity contribution < 1.29 is 14.3 Å². The van der Waals surface area contributed by atoms with E-state index in [4.69, 9.17) is 0 Å². The van der Waals surface area contributed by atoms with Gasteiger partial charge in [-0.15, -0.1) is 4.41 Å². The van der Waals surface area contributed by atoms with Gasteiger partial charge in [0.05, 0.1) is 19.2 Å². The summed E-state index contributed by atoms with van der Waals surface area (Å²) in [7, 11) is 1.27. The van der Waals surface area contributed by atoms with Crippen molar-refractivity contribution in [2.75, 3.05) is 13.8 Å². The van der Waals surface area contributed by atoms with Crippen molar-refractivity contribution in [3.63, 3.8) is 0 Å². The second-order valence-corrected chi connectivity index (χ2v) is 5.03. The number of nitrogens with zero attached hydrogens (tertiary/aromatic N) is 1. The Morgan fingerprint density at radius 3 is 3.00 bits per heavy atom. The number of rotatable bonds is 6. The number of carbonyl (C=O) groups is 2. The zero-order valence-electron chi connectivity index (χ0n) is 10.6. The van der Waals surface area contributed by atoms with Gasteiger partial charge in [-0.25, -0.2) is 4.79 Å². The minimum atomic E-state index is -0.543. The predicted octanol–water partition coefficient (Wildman–Crippen LogP) is 0.774. The lowest BCUT2D eigenvalue weighted by Crippen LogP contribution is -2.36. The first kappa shape index (κ1) is 15.0. The van der Waals surface area contributed by atoms with Gasteiger partial charge in [-0.2, -0.15) is 0 Å². The molecule has 1 aliphatic rings. The topological polar surface area (TPSA) is 70.7 Å². The third-order valence-corrected chi connectivity index (χ3v) is 3.48. The number of hydrazine groups is 1. The van der Waals surface area contributed by atoms with Crippen molar-refractivity contribution in [3.8, 4) is 0 Å². The van der Waals surface area contributed by atoms with Crippen molar-refractivity contribution >= 4 is 23.8 Å². The summed E-state index contributed by atoms with van der Waals surface area (Å²) in [5.74, 6) is -0.885. The first-order chi connectivity index (χ1) is 8.65. The second-order valence-electron chi connectivity index (χ2n) is 3.81. The van der Waals surface area contributed by atoms with Gasteiger partial charge < -0.3 is 4.74 Å². The highest BCUT2D eigenvalue weighted by Gasteiger charge is 2.22. The molecule has 0 aromatic heterocycles. The van der Waals surface area contributed by atoms with Crippen LogP contribution in [-0.2, 0) is 14.3 Å². The van der Waals surface area contributed by atoms with Gasteiger partial charge in [0, 0.05) is 12.2 Å². The zero-order valence-corrected chi connectivity index (χ0v) is 11.5. The lowest BCUT2D eigenvalue weighted by molar-refractivity contribution is -0.135. The Hall–Kier alpha value is -1.05. The molecule has 1 saturated heterocycles. The van der Waals surface area contributed by atoms with E-state index in [1.807, 2.05) is 0 Å². The van der Waals surface area contributed by atoms with E-state index in [0.29, 0.717) is 12.0 Å². The number of carbonyl (C=O) groups excluding carboxylic acids is 2. The highest BCUT2D eigenvalue weighted by atomic mass is 32.2. The highest BCUT2D eigenvalue weighted by molar-refractivity contribution is 7.97. The molecule has 0 aromatic carbocycles. The Bertz CT molecular complexity index is 323. The van der Waals surface area contributed by atoms with Gasteiger partial charge in [0.15, 0.2) is 0 Å². The van der Waals surface area contributed by atoms with Crippen LogP contribution >= 0.6 is 11.9 Å². The van der Waals surface area contributed by atoms with Gasteiger partial charge in [-0.3, -0.25) is 15.5 Å². The summed E-state index contributed by atoms with van der Waals surface area (Å²) in [4.78, 5) is 22.3. The maximum atomic E-state index is 11.5. The molecule has 1 amide bonds. The van der Waals surface area contributed by atoms with Gasteiger partial charge >= 0.3 is 5.97 Å². The number of unbranched alkanes of at least 4 members (excludes halogenated alkanes) is 1. The molecule has 0 spiro atoms. The molecule has 1 atom stereocenters. The van der Waals surface area contributed by atoms with E-state index in [1.165, 1.54) is 7.11 Å². The van der Waals surface area contributed by atoms with Crippen LogP contribution in [0.25, 0.3) is 0 Å². The van der Waals surface area contributed by atoms with Gasteiger partial charge in [0.1, 0.15) is 0 Å². The van der Waals surface area contributed by atoms with E-state index in [9.17, 15) is 9.59 Å². The van der Waals surface area contributed by atoms with Crippen LogP contribution in [0.3, 0.4) is 0 Å². The molecule has 0 aromatic rings. The largest absolute Gasteiger partial charge is 0.466 e. The van der Waals surface area contributed by atoms with Gasteiger partial charge in [0.25, 0.3) is 5.91 Å². The fourth-order valence-electron chi connectivity index (χ4n) is 1.39. The van der Waals surface area contributed by atoms with E-state index in [0.717, 1.165) is 31.4 Å². The van der Waals surface area contributed by atoms with Crippen LogP contribution in [0.15, 0.2) is 12.2 Å². The van der Waals surface area contributed by atoms with Crippen molar-refractivity contribution in [3.05, 3.63) is 12.2 Å². The highest BCUT2D eigenvalue weighted by Crippen LogP contribution is 2.22. The molecular weight excluding hydrogens is 254 g/mol. The molecule has 0 bridgehead atoms. The molecule has 0 saturated carbocycles. The van der Waals surface area contributed by atoms with Crippen molar-refractivity contribution in [2.45, 2.75) is 31.6 Å². The van der Waals surface area contributed by atoms with E-state index in [2.05, 4.69) is 22.4 Å². The molecule has 1 aliphatic heterocycles. The summed E-state index contributed by atoms with van der Waals surface area (Å²) < 4.78 is 6.12. The second kappa shape index (κ2) is 8.12. The number of hydrogen-bond acceptors (Lipinski definition) is 6. The van der Waals surface area contributed by atoms with Crippen LogP contribution in [0.1, 0.15) is 26.2 Å². The number of ether oxygens (including phenoxy) is 1. The SMILES string of the molecule is CCCCC1NCN(NC(=O)/C=C/C(=O)OC)S1. The van der Waals surface area contributed by atoms with Crippen LogP contribution < -0.4 is 10.7 Å². The fourth-order valence-corrected chi connectivity index (χ4v) is 2.42. The molecule has 1 unspecified atom stereocenters. The monoisotopic (exact) mass is 273 g/mol. The summed E-state index contributed by atoms with van der Waals surface area (Å²) >= 11 is 1.56. The van der Waals surface area contributed by atoms with E-state index < -0.39 is 5.97 Å². The van der Waals surface area contributed by atoms with Crippen molar-refractivity contribution in [1.29, 1.82) is 0 Å². The number of hydrogen-bond donors (Lipinski definition) is 2. The molecule has 1 rings (SSSR count). The van der Waals surface area contributed by atoms with Crippen LogP contribution in [0.2, 0.25) is 0 Å². The Morgan fingerprint density at radius 1 is 1.56 bits per heavy atom. The maximum Gasteiger partial charge on any atom is 0.330 e. The summed E-state index contributed by atoms with van der Waals surface area (Å²) in [6, 6.07) is 0. The molecule has 18 heavy (non-hydrogen) atoms. The van der Waals surface area contributed by atoms with E-state index >= 15 is 0 Å². The van der Waals surface area contributed by atoms with Crippen LogP contribution in [-0.4, -0.2) is 35.4 Å². The average molecular weight is 273 g/mol. The van der Waals surface area contributed by atoms with Crippen molar-refractivity contribution in [1.82, 2.24) is 15.2 Å². The zero-order chi connectivity index (χ0) is 13.4. The Morgan fingerprint density at radius 2 is 2.33 bits per heavy atom. The van der Waals surface area contributed by atoms with Gasteiger partial charge in [0.2, 0.25) is 0 Å². The Kier molecular flexibility index (Phi) is 6.77.